The fraction of sp³-hybridized carbons (Fsp3) is 0.875. The van der Waals surface area contributed by atoms with Crippen LogP contribution >= 0.6 is 0 Å². The van der Waals surface area contributed by atoms with E-state index in [4.69, 9.17) is 4.74 Å². The van der Waals surface area contributed by atoms with E-state index >= 15 is 0 Å². The molecule has 9 heavy (non-hydrogen) atoms. The van der Waals surface area contributed by atoms with Crippen molar-refractivity contribution in [2.24, 2.45) is 0 Å². The predicted molar refractivity (Wildman–Crippen MR) is 38.2 cm³/mol. The maximum atomic E-state index is 5.46. The molecule has 1 aliphatic carbocycles. The smallest absolute Gasteiger partial charge is 0.0575 e. The molecule has 1 aliphatic rings. The molecule has 0 amide bonds. The van der Waals surface area contributed by atoms with Gasteiger partial charge in [-0.2, -0.15) is 0 Å². The lowest BCUT2D eigenvalue weighted by atomic mass is 9.96. The van der Waals surface area contributed by atoms with Crippen molar-refractivity contribution >= 4 is 0 Å². The Morgan fingerprint density at radius 1 is 1.56 bits per heavy atom. The van der Waals surface area contributed by atoms with Gasteiger partial charge >= 0.3 is 0 Å². The van der Waals surface area contributed by atoms with Crippen molar-refractivity contribution in [3.8, 4) is 0 Å². The predicted octanol–water partition coefficient (Wildman–Crippen LogP) is 2.17. The van der Waals surface area contributed by atoms with E-state index in [1.54, 1.807) is 0 Å². The first-order valence-corrected chi connectivity index (χ1v) is 3.86. The van der Waals surface area contributed by atoms with Crippen molar-refractivity contribution in [2.75, 3.05) is 6.61 Å². The third-order valence-corrected chi connectivity index (χ3v) is 1.79. The molecule has 0 aromatic rings. The van der Waals surface area contributed by atoms with Crippen molar-refractivity contribution in [1.82, 2.24) is 0 Å². The van der Waals surface area contributed by atoms with Crippen molar-refractivity contribution in [1.29, 1.82) is 0 Å². The number of hydrogen-bond donors (Lipinski definition) is 0. The van der Waals surface area contributed by atoms with Crippen molar-refractivity contribution in [3.05, 3.63) is 6.42 Å². The van der Waals surface area contributed by atoms with E-state index in [1.807, 2.05) is 0 Å². The highest BCUT2D eigenvalue weighted by molar-refractivity contribution is 4.71. The van der Waals surface area contributed by atoms with E-state index in [2.05, 4.69) is 13.3 Å². The Hall–Kier alpha value is -0.0400. The maximum Gasteiger partial charge on any atom is 0.0575 e. The van der Waals surface area contributed by atoms with E-state index in [9.17, 15) is 0 Å². The van der Waals surface area contributed by atoms with E-state index in [0.717, 1.165) is 13.0 Å². The highest BCUT2D eigenvalue weighted by Crippen LogP contribution is 2.21. The summed E-state index contributed by atoms with van der Waals surface area (Å²) in [5, 5.41) is 0. The Labute approximate surface area is 57.4 Å². The van der Waals surface area contributed by atoms with Crippen LogP contribution in [0.2, 0.25) is 0 Å². The Morgan fingerprint density at radius 2 is 2.33 bits per heavy atom. The second-order valence-corrected chi connectivity index (χ2v) is 2.58. The highest BCUT2D eigenvalue weighted by atomic mass is 16.5. The minimum atomic E-state index is 0.604. The zero-order valence-corrected chi connectivity index (χ0v) is 6.10. The van der Waals surface area contributed by atoms with Gasteiger partial charge in [0.1, 0.15) is 0 Å². The lowest BCUT2D eigenvalue weighted by Crippen LogP contribution is -2.21. The SMILES string of the molecule is CC[CH]COC1CCC1. The minimum absolute atomic E-state index is 0.604. The van der Waals surface area contributed by atoms with Crippen LogP contribution in [0, 0.1) is 6.42 Å². The van der Waals surface area contributed by atoms with Crippen LogP contribution in [-0.4, -0.2) is 12.7 Å². The molecule has 0 aliphatic heterocycles. The number of rotatable bonds is 4. The molecule has 1 heteroatoms. The van der Waals surface area contributed by atoms with Crippen molar-refractivity contribution in [3.63, 3.8) is 0 Å². The first-order valence-electron chi connectivity index (χ1n) is 3.86. The summed E-state index contributed by atoms with van der Waals surface area (Å²) in [5.41, 5.74) is 0. The van der Waals surface area contributed by atoms with Crippen LogP contribution in [-0.2, 0) is 4.74 Å². The van der Waals surface area contributed by atoms with Gasteiger partial charge in [-0.25, -0.2) is 0 Å². The molecule has 1 nitrogen and oxygen atoms in total. The summed E-state index contributed by atoms with van der Waals surface area (Å²) in [4.78, 5) is 0. The molecule has 0 unspecified atom stereocenters. The van der Waals surface area contributed by atoms with E-state index in [-0.39, 0.29) is 0 Å². The topological polar surface area (TPSA) is 9.23 Å². The molecule has 0 bridgehead atoms. The average molecular weight is 127 g/mol. The summed E-state index contributed by atoms with van der Waals surface area (Å²) in [6.07, 6.45) is 7.87. The van der Waals surface area contributed by atoms with Gasteiger partial charge in [0.25, 0.3) is 0 Å². The molecule has 1 radical (unpaired) electrons. The van der Waals surface area contributed by atoms with Crippen molar-refractivity contribution in [2.45, 2.75) is 38.7 Å². The Kier molecular flexibility index (Phi) is 3.05. The third kappa shape index (κ3) is 2.35. The molecule has 1 rings (SSSR count). The molecule has 1 fully saturated rings. The Balaban J connectivity index is 1.80. The highest BCUT2D eigenvalue weighted by Gasteiger charge is 2.16. The van der Waals surface area contributed by atoms with Crippen LogP contribution in [0.1, 0.15) is 32.6 Å². The summed E-state index contributed by atoms with van der Waals surface area (Å²) in [6, 6.07) is 0. The molecule has 0 N–H and O–H groups in total. The van der Waals surface area contributed by atoms with Crippen LogP contribution in [0.15, 0.2) is 0 Å². The summed E-state index contributed by atoms with van der Waals surface area (Å²) in [7, 11) is 0. The lowest BCUT2D eigenvalue weighted by molar-refractivity contribution is 0.0133. The normalized spacial score (nSPS) is 19.7. The largest absolute Gasteiger partial charge is 0.378 e. The number of unbranched alkanes of at least 4 members (excludes halogenated alkanes) is 1. The van der Waals surface area contributed by atoms with Gasteiger partial charge < -0.3 is 4.74 Å². The average Bonchev–Trinajstić information content (AvgIpc) is 1.76. The van der Waals surface area contributed by atoms with Crippen molar-refractivity contribution < 1.29 is 4.74 Å². The van der Waals surface area contributed by atoms with E-state index in [0.29, 0.717) is 6.10 Å². The summed E-state index contributed by atoms with van der Waals surface area (Å²) < 4.78 is 5.46. The molecular formula is C8H15O. The van der Waals surface area contributed by atoms with Gasteiger partial charge in [-0.3, -0.25) is 0 Å². The fourth-order valence-corrected chi connectivity index (χ4v) is 0.859. The summed E-state index contributed by atoms with van der Waals surface area (Å²) in [6.45, 7) is 3.01. The molecule has 0 saturated heterocycles. The molecule has 1 saturated carbocycles. The molecule has 0 aromatic carbocycles. The minimum Gasteiger partial charge on any atom is -0.378 e. The van der Waals surface area contributed by atoms with E-state index < -0.39 is 0 Å². The second kappa shape index (κ2) is 3.89. The lowest BCUT2D eigenvalue weighted by Gasteiger charge is -2.25. The standard InChI is InChI=1S/C8H15O/c1-2-3-7-9-8-5-4-6-8/h3,8H,2,4-7H2,1H3. The molecule has 0 heterocycles. The van der Waals surface area contributed by atoms with Crippen LogP contribution in [0.25, 0.3) is 0 Å². The number of ether oxygens (including phenoxy) is 1. The molecular weight excluding hydrogens is 112 g/mol. The van der Waals surface area contributed by atoms with Gasteiger partial charge in [0.15, 0.2) is 0 Å². The zero-order valence-electron chi connectivity index (χ0n) is 6.10. The Bertz CT molecular complexity index is 67.0. The van der Waals surface area contributed by atoms with Gasteiger partial charge in [-0.1, -0.05) is 13.3 Å². The summed E-state index contributed by atoms with van der Waals surface area (Å²) >= 11 is 0. The zero-order chi connectivity index (χ0) is 6.53. The third-order valence-electron chi connectivity index (χ3n) is 1.79. The first kappa shape index (κ1) is 7.07. The number of hydrogen-bond acceptors (Lipinski definition) is 1. The molecule has 0 atom stereocenters. The second-order valence-electron chi connectivity index (χ2n) is 2.58. The van der Waals surface area contributed by atoms with Gasteiger partial charge in [-0.15, -0.1) is 0 Å². The quantitative estimate of drug-likeness (QED) is 0.526. The van der Waals surface area contributed by atoms with Crippen LogP contribution in [0.3, 0.4) is 0 Å². The van der Waals surface area contributed by atoms with Crippen LogP contribution < -0.4 is 0 Å². The monoisotopic (exact) mass is 127 g/mol. The Morgan fingerprint density at radius 3 is 2.78 bits per heavy atom. The van der Waals surface area contributed by atoms with Gasteiger partial charge in [0.05, 0.1) is 12.7 Å². The summed E-state index contributed by atoms with van der Waals surface area (Å²) in [5.74, 6) is 0. The van der Waals surface area contributed by atoms with Gasteiger partial charge in [-0.05, 0) is 25.7 Å². The van der Waals surface area contributed by atoms with E-state index in [1.165, 1.54) is 19.3 Å². The van der Waals surface area contributed by atoms with Crippen LogP contribution in [0.5, 0.6) is 0 Å². The first-order chi connectivity index (χ1) is 4.43. The van der Waals surface area contributed by atoms with Gasteiger partial charge in [0.2, 0.25) is 0 Å². The molecule has 0 aromatic heterocycles. The van der Waals surface area contributed by atoms with Gasteiger partial charge in [0, 0.05) is 0 Å². The van der Waals surface area contributed by atoms with Crippen LogP contribution in [0.4, 0.5) is 0 Å². The fourth-order valence-electron chi connectivity index (χ4n) is 0.859. The molecule has 53 valence electrons. The molecule has 0 spiro atoms. The maximum absolute atomic E-state index is 5.46.